The van der Waals surface area contributed by atoms with Gasteiger partial charge in [0.05, 0.1) is 11.1 Å². The monoisotopic (exact) mass is 286 g/mol. The van der Waals surface area contributed by atoms with Crippen LogP contribution in [0.2, 0.25) is 5.02 Å². The smallest absolute Gasteiger partial charge is 0.159 e. The van der Waals surface area contributed by atoms with Gasteiger partial charge in [-0.1, -0.05) is 29.8 Å². The minimum absolute atomic E-state index is 0.0252. The minimum atomic E-state index is -1.18. The molecule has 2 aromatic rings. The average Bonchev–Trinajstić information content (AvgIpc) is 2.37. The first-order valence-electron chi connectivity index (χ1n) is 5.55. The van der Waals surface area contributed by atoms with E-state index in [0.717, 1.165) is 12.1 Å². The molecule has 0 heterocycles. The molecule has 1 nitrogen and oxygen atoms in total. The molecule has 0 spiro atoms. The van der Waals surface area contributed by atoms with Crippen molar-refractivity contribution in [2.75, 3.05) is 0 Å². The highest BCUT2D eigenvalue weighted by atomic mass is 35.5. The maximum Gasteiger partial charge on any atom is 0.159 e. The molecule has 0 saturated carbocycles. The van der Waals surface area contributed by atoms with E-state index in [1.807, 2.05) is 0 Å². The van der Waals surface area contributed by atoms with Crippen LogP contribution < -0.4 is 0 Å². The topological polar surface area (TPSA) is 20.2 Å². The first kappa shape index (κ1) is 13.9. The second-order valence-electron chi connectivity index (χ2n) is 4.11. The fraction of sp³-hybridized carbons (Fsp3) is 0.143. The maximum atomic E-state index is 13.7. The van der Waals surface area contributed by atoms with E-state index in [0.29, 0.717) is 5.56 Å². The third-order valence-corrected chi connectivity index (χ3v) is 3.05. The normalized spacial score (nSPS) is 12.5. The van der Waals surface area contributed by atoms with Crippen LogP contribution in [0.5, 0.6) is 0 Å². The van der Waals surface area contributed by atoms with Gasteiger partial charge in [0.25, 0.3) is 0 Å². The fourth-order valence-corrected chi connectivity index (χ4v) is 1.96. The van der Waals surface area contributed by atoms with E-state index >= 15 is 0 Å². The van der Waals surface area contributed by atoms with Crippen LogP contribution in [0, 0.1) is 17.5 Å². The number of hydrogen-bond donors (Lipinski definition) is 1. The summed E-state index contributed by atoms with van der Waals surface area (Å²) < 4.78 is 39.5. The van der Waals surface area contributed by atoms with Gasteiger partial charge in [-0.05, 0) is 23.8 Å². The van der Waals surface area contributed by atoms with Crippen LogP contribution in [0.1, 0.15) is 17.2 Å². The van der Waals surface area contributed by atoms with E-state index < -0.39 is 23.6 Å². The number of aliphatic hydroxyl groups excluding tert-OH is 1. The molecule has 0 amide bonds. The first-order chi connectivity index (χ1) is 8.99. The summed E-state index contributed by atoms with van der Waals surface area (Å²) in [6.07, 6.45) is -1.21. The van der Waals surface area contributed by atoms with E-state index in [-0.39, 0.29) is 17.0 Å². The lowest BCUT2D eigenvalue weighted by Crippen LogP contribution is -2.05. The SMILES string of the molecule is OC(Cc1ccc(F)c(F)c1)c1cccc(Cl)c1F. The fourth-order valence-electron chi connectivity index (χ4n) is 1.78. The Balaban J connectivity index is 2.23. The second-order valence-corrected chi connectivity index (χ2v) is 4.52. The highest BCUT2D eigenvalue weighted by Crippen LogP contribution is 2.26. The molecular formula is C14H10ClF3O. The van der Waals surface area contributed by atoms with Gasteiger partial charge in [0.15, 0.2) is 11.6 Å². The van der Waals surface area contributed by atoms with Crippen molar-refractivity contribution in [3.05, 3.63) is 70.0 Å². The van der Waals surface area contributed by atoms with E-state index in [9.17, 15) is 18.3 Å². The van der Waals surface area contributed by atoms with Crippen LogP contribution in [-0.4, -0.2) is 5.11 Å². The zero-order valence-electron chi connectivity index (χ0n) is 9.71. The van der Waals surface area contributed by atoms with Crippen LogP contribution in [0.25, 0.3) is 0 Å². The molecule has 0 bridgehead atoms. The van der Waals surface area contributed by atoms with E-state index in [1.165, 1.54) is 24.3 Å². The highest BCUT2D eigenvalue weighted by molar-refractivity contribution is 6.30. The molecule has 0 aromatic heterocycles. The Labute approximate surface area is 113 Å². The van der Waals surface area contributed by atoms with Crippen molar-refractivity contribution in [2.24, 2.45) is 0 Å². The van der Waals surface area contributed by atoms with Crippen LogP contribution >= 0.6 is 11.6 Å². The van der Waals surface area contributed by atoms with E-state index in [4.69, 9.17) is 11.6 Å². The van der Waals surface area contributed by atoms with Crippen molar-refractivity contribution in [2.45, 2.75) is 12.5 Å². The highest BCUT2D eigenvalue weighted by Gasteiger charge is 2.16. The summed E-state index contributed by atoms with van der Waals surface area (Å²) in [6, 6.07) is 7.54. The zero-order chi connectivity index (χ0) is 14.0. The van der Waals surface area contributed by atoms with Crippen LogP contribution in [0.4, 0.5) is 13.2 Å². The summed E-state index contributed by atoms with van der Waals surface area (Å²) in [5.74, 6) is -2.68. The summed E-state index contributed by atoms with van der Waals surface area (Å²) in [5, 5.41) is 9.83. The molecule has 19 heavy (non-hydrogen) atoms. The molecule has 100 valence electrons. The number of aliphatic hydroxyl groups is 1. The molecule has 0 saturated heterocycles. The van der Waals surface area contributed by atoms with Gasteiger partial charge in [-0.2, -0.15) is 0 Å². The van der Waals surface area contributed by atoms with Crippen molar-refractivity contribution in [3.8, 4) is 0 Å². The summed E-state index contributed by atoms with van der Waals surface area (Å²) in [5.41, 5.74) is 0.392. The minimum Gasteiger partial charge on any atom is -0.388 e. The van der Waals surface area contributed by atoms with Gasteiger partial charge >= 0.3 is 0 Å². The molecule has 0 fully saturated rings. The van der Waals surface area contributed by atoms with Crippen molar-refractivity contribution >= 4 is 11.6 Å². The quantitative estimate of drug-likeness (QED) is 0.903. The molecule has 0 aliphatic rings. The van der Waals surface area contributed by atoms with Gasteiger partial charge in [0.1, 0.15) is 5.82 Å². The Morgan fingerprint density at radius 1 is 1.05 bits per heavy atom. The molecule has 0 aliphatic heterocycles. The molecular weight excluding hydrogens is 277 g/mol. The van der Waals surface area contributed by atoms with Crippen LogP contribution in [-0.2, 0) is 6.42 Å². The average molecular weight is 287 g/mol. The molecule has 0 radical (unpaired) electrons. The number of halogens is 4. The first-order valence-corrected chi connectivity index (χ1v) is 5.92. The largest absolute Gasteiger partial charge is 0.388 e. The zero-order valence-corrected chi connectivity index (χ0v) is 10.5. The second kappa shape index (κ2) is 5.63. The maximum absolute atomic E-state index is 13.7. The Morgan fingerprint density at radius 2 is 1.79 bits per heavy atom. The lowest BCUT2D eigenvalue weighted by Gasteiger charge is -2.13. The number of benzene rings is 2. The summed E-state index contributed by atoms with van der Waals surface area (Å²) in [6.45, 7) is 0. The predicted octanol–water partition coefficient (Wildman–Crippen LogP) is 4.03. The van der Waals surface area contributed by atoms with Crippen molar-refractivity contribution in [1.82, 2.24) is 0 Å². The van der Waals surface area contributed by atoms with Gasteiger partial charge in [0, 0.05) is 12.0 Å². The number of rotatable bonds is 3. The molecule has 1 atom stereocenters. The van der Waals surface area contributed by atoms with Crippen LogP contribution in [0.3, 0.4) is 0 Å². The summed E-state index contributed by atoms with van der Waals surface area (Å²) >= 11 is 5.61. The predicted molar refractivity (Wildman–Crippen MR) is 66.4 cm³/mol. The van der Waals surface area contributed by atoms with Gasteiger partial charge in [0.2, 0.25) is 0 Å². The third-order valence-electron chi connectivity index (χ3n) is 2.75. The van der Waals surface area contributed by atoms with Crippen molar-refractivity contribution in [1.29, 1.82) is 0 Å². The van der Waals surface area contributed by atoms with Crippen molar-refractivity contribution in [3.63, 3.8) is 0 Å². The number of hydrogen-bond acceptors (Lipinski definition) is 1. The third kappa shape index (κ3) is 3.08. The molecule has 1 N–H and O–H groups in total. The van der Waals surface area contributed by atoms with Gasteiger partial charge < -0.3 is 5.11 Å². The van der Waals surface area contributed by atoms with E-state index in [2.05, 4.69) is 0 Å². The molecule has 2 rings (SSSR count). The van der Waals surface area contributed by atoms with Gasteiger partial charge in [-0.15, -0.1) is 0 Å². The summed E-state index contributed by atoms with van der Waals surface area (Å²) in [4.78, 5) is 0. The lowest BCUT2D eigenvalue weighted by atomic mass is 10.0. The Bertz CT molecular complexity index is 601. The van der Waals surface area contributed by atoms with Crippen molar-refractivity contribution < 1.29 is 18.3 Å². The van der Waals surface area contributed by atoms with Gasteiger partial charge in [-0.3, -0.25) is 0 Å². The lowest BCUT2D eigenvalue weighted by molar-refractivity contribution is 0.173. The molecule has 2 aromatic carbocycles. The Morgan fingerprint density at radius 3 is 2.47 bits per heavy atom. The standard InChI is InChI=1S/C14H10ClF3O/c15-10-3-1-2-9(14(10)18)13(19)7-8-4-5-11(16)12(17)6-8/h1-6,13,19H,7H2. The molecule has 5 heteroatoms. The van der Waals surface area contributed by atoms with Crippen LogP contribution in [0.15, 0.2) is 36.4 Å². The summed E-state index contributed by atoms with van der Waals surface area (Å²) in [7, 11) is 0. The Hall–Kier alpha value is -1.52. The Kier molecular flexibility index (Phi) is 4.12. The molecule has 1 unspecified atom stereocenters. The van der Waals surface area contributed by atoms with E-state index in [1.54, 1.807) is 0 Å². The van der Waals surface area contributed by atoms with Gasteiger partial charge in [-0.25, -0.2) is 13.2 Å². The molecule has 0 aliphatic carbocycles.